The summed E-state index contributed by atoms with van der Waals surface area (Å²) in [5.41, 5.74) is 2.59. The molecule has 0 atom stereocenters. The third-order valence-electron chi connectivity index (χ3n) is 3.23. The maximum atomic E-state index is 13.5. The van der Waals surface area contributed by atoms with E-state index in [0.29, 0.717) is 21.5 Å². The zero-order valence-corrected chi connectivity index (χ0v) is 11.9. The number of methoxy groups -OCH3 is 1. The molecule has 0 amide bonds. The van der Waals surface area contributed by atoms with Crippen LogP contribution in [0.15, 0.2) is 36.4 Å². The Kier molecular flexibility index (Phi) is 3.20. The second-order valence-corrected chi connectivity index (χ2v) is 4.78. The predicted molar refractivity (Wildman–Crippen MR) is 79.7 cm³/mol. The minimum Gasteiger partial charge on any atom is -0.494 e. The van der Waals surface area contributed by atoms with Gasteiger partial charge in [-0.3, -0.25) is 4.57 Å². The number of benzene rings is 2. The average Bonchev–Trinajstić information content (AvgIpc) is 2.83. The van der Waals surface area contributed by atoms with E-state index in [1.165, 1.54) is 13.2 Å². The van der Waals surface area contributed by atoms with E-state index < -0.39 is 5.82 Å². The van der Waals surface area contributed by atoms with Gasteiger partial charge >= 0.3 is 0 Å². The van der Waals surface area contributed by atoms with Gasteiger partial charge in [0.05, 0.1) is 29.4 Å². The van der Waals surface area contributed by atoms with Gasteiger partial charge in [0.1, 0.15) is 6.07 Å². The van der Waals surface area contributed by atoms with Crippen molar-refractivity contribution < 1.29 is 9.13 Å². The Balaban J connectivity index is 2.34. The number of imidazole rings is 1. The number of fused-ring (bicyclic) bond motifs is 1. The lowest BCUT2D eigenvalue weighted by Gasteiger charge is -2.08. The summed E-state index contributed by atoms with van der Waals surface area (Å²) in [6, 6.07) is 12.0. The lowest BCUT2D eigenvalue weighted by atomic mass is 10.2. The van der Waals surface area contributed by atoms with Gasteiger partial charge in [0.15, 0.2) is 16.3 Å². The molecule has 1 aromatic heterocycles. The van der Waals surface area contributed by atoms with Crippen molar-refractivity contribution in [3.05, 3.63) is 52.5 Å². The van der Waals surface area contributed by atoms with Gasteiger partial charge in [0.2, 0.25) is 0 Å². The van der Waals surface area contributed by atoms with Gasteiger partial charge in [-0.1, -0.05) is 6.07 Å². The quantitative estimate of drug-likeness (QED) is 0.734. The molecule has 0 bridgehead atoms. The summed E-state index contributed by atoms with van der Waals surface area (Å²) in [5, 5.41) is 9.14. The first-order valence-corrected chi connectivity index (χ1v) is 6.54. The first kappa shape index (κ1) is 13.3. The van der Waals surface area contributed by atoms with Gasteiger partial charge in [0.25, 0.3) is 0 Å². The number of para-hydroxylation sites is 1. The van der Waals surface area contributed by atoms with Crippen LogP contribution in [-0.4, -0.2) is 16.7 Å². The molecule has 3 rings (SSSR count). The number of nitrogens with zero attached hydrogens (tertiary/aromatic N) is 2. The molecule has 0 aliphatic rings. The Morgan fingerprint density at radius 2 is 2.14 bits per heavy atom. The summed E-state index contributed by atoms with van der Waals surface area (Å²) in [5.74, 6) is -0.300. The van der Waals surface area contributed by atoms with E-state index >= 15 is 0 Å². The molecule has 1 N–H and O–H groups in total. The van der Waals surface area contributed by atoms with Gasteiger partial charge in [-0.2, -0.15) is 5.26 Å². The molecule has 1 heterocycles. The van der Waals surface area contributed by atoms with Crippen LogP contribution in [0.2, 0.25) is 0 Å². The Bertz CT molecular complexity index is 936. The molecule has 0 radical (unpaired) electrons. The van der Waals surface area contributed by atoms with Crippen LogP contribution in [0.25, 0.3) is 16.7 Å². The molecule has 0 unspecified atom stereocenters. The zero-order chi connectivity index (χ0) is 15.0. The van der Waals surface area contributed by atoms with Gasteiger partial charge in [-0.25, -0.2) is 4.39 Å². The second-order valence-electron chi connectivity index (χ2n) is 4.40. The van der Waals surface area contributed by atoms with Gasteiger partial charge in [-0.05, 0) is 36.5 Å². The van der Waals surface area contributed by atoms with Crippen LogP contribution in [0.3, 0.4) is 0 Å². The second kappa shape index (κ2) is 5.04. The lowest BCUT2D eigenvalue weighted by Crippen LogP contribution is -1.96. The van der Waals surface area contributed by atoms with Crippen LogP contribution in [0.5, 0.6) is 5.75 Å². The van der Waals surface area contributed by atoms with E-state index in [0.717, 1.165) is 5.52 Å². The first-order chi connectivity index (χ1) is 10.2. The highest BCUT2D eigenvalue weighted by molar-refractivity contribution is 7.71. The van der Waals surface area contributed by atoms with Crippen LogP contribution >= 0.6 is 12.2 Å². The van der Waals surface area contributed by atoms with Crippen LogP contribution in [-0.2, 0) is 0 Å². The Hall–Kier alpha value is -2.65. The number of ether oxygens (including phenoxy) is 1. The summed E-state index contributed by atoms with van der Waals surface area (Å²) in [7, 11) is 1.41. The van der Waals surface area contributed by atoms with Crippen LogP contribution in [0, 0.1) is 21.9 Å². The molecule has 104 valence electrons. The highest BCUT2D eigenvalue weighted by Gasteiger charge is 2.11. The van der Waals surface area contributed by atoms with Crippen LogP contribution in [0.4, 0.5) is 4.39 Å². The fourth-order valence-corrected chi connectivity index (χ4v) is 2.57. The number of halogens is 1. The van der Waals surface area contributed by atoms with Gasteiger partial charge in [-0.15, -0.1) is 0 Å². The normalized spacial score (nSPS) is 10.5. The number of nitriles is 1. The number of aromatic nitrogens is 2. The molecule has 6 heteroatoms. The van der Waals surface area contributed by atoms with E-state index in [1.807, 2.05) is 6.07 Å². The number of hydrogen-bond acceptors (Lipinski definition) is 3. The van der Waals surface area contributed by atoms with E-state index in [-0.39, 0.29) is 5.75 Å². The minimum atomic E-state index is -0.440. The van der Waals surface area contributed by atoms with Crippen molar-refractivity contribution in [1.82, 2.24) is 9.55 Å². The van der Waals surface area contributed by atoms with Crippen molar-refractivity contribution in [3.8, 4) is 17.5 Å². The number of hydrogen-bond donors (Lipinski definition) is 1. The standard InChI is InChI=1S/C15H10FN3OS/c1-20-13-7-10(5-6-11(13)16)19-12-4-2-3-9(8-17)14(12)18-15(19)21/h2-7H,1H3,(H,18,21). The highest BCUT2D eigenvalue weighted by Crippen LogP contribution is 2.26. The number of nitrogens with one attached hydrogen (secondary N) is 1. The molecule has 0 aliphatic heterocycles. The summed E-state index contributed by atoms with van der Waals surface area (Å²) >= 11 is 5.32. The third kappa shape index (κ3) is 2.08. The van der Waals surface area contributed by atoms with E-state index in [9.17, 15) is 4.39 Å². The van der Waals surface area contributed by atoms with Crippen LogP contribution in [0.1, 0.15) is 5.56 Å². The summed E-state index contributed by atoms with van der Waals surface area (Å²) in [6.07, 6.45) is 0. The lowest BCUT2D eigenvalue weighted by molar-refractivity contribution is 0.386. The third-order valence-corrected chi connectivity index (χ3v) is 3.52. The fourth-order valence-electron chi connectivity index (χ4n) is 2.27. The Morgan fingerprint density at radius 3 is 2.86 bits per heavy atom. The monoisotopic (exact) mass is 299 g/mol. The van der Waals surface area contributed by atoms with Crippen LogP contribution < -0.4 is 4.74 Å². The van der Waals surface area contributed by atoms with E-state index in [4.69, 9.17) is 22.2 Å². The number of H-pyrrole nitrogens is 1. The van der Waals surface area contributed by atoms with Crippen molar-refractivity contribution in [2.45, 2.75) is 0 Å². The number of rotatable bonds is 2. The van der Waals surface area contributed by atoms with Gasteiger partial charge < -0.3 is 9.72 Å². The number of aromatic amines is 1. The first-order valence-electron chi connectivity index (χ1n) is 6.13. The molecule has 0 fully saturated rings. The smallest absolute Gasteiger partial charge is 0.182 e. The minimum absolute atomic E-state index is 0.139. The summed E-state index contributed by atoms with van der Waals surface area (Å²) < 4.78 is 20.7. The largest absolute Gasteiger partial charge is 0.494 e. The molecule has 0 spiro atoms. The molecule has 21 heavy (non-hydrogen) atoms. The van der Waals surface area contributed by atoms with Crippen molar-refractivity contribution in [1.29, 1.82) is 5.26 Å². The molecular weight excluding hydrogens is 289 g/mol. The van der Waals surface area contributed by atoms with Crippen molar-refractivity contribution in [2.24, 2.45) is 0 Å². The maximum Gasteiger partial charge on any atom is 0.182 e. The van der Waals surface area contributed by atoms with Gasteiger partial charge in [0, 0.05) is 6.07 Å². The average molecular weight is 299 g/mol. The summed E-state index contributed by atoms with van der Waals surface area (Å²) in [6.45, 7) is 0. The summed E-state index contributed by atoms with van der Waals surface area (Å²) in [4.78, 5) is 3.02. The molecule has 3 aromatic rings. The molecule has 0 saturated carbocycles. The Labute approximate surface area is 125 Å². The molecule has 0 aliphatic carbocycles. The molecule has 0 saturated heterocycles. The molecule has 2 aromatic carbocycles. The predicted octanol–water partition coefficient (Wildman–Crippen LogP) is 3.71. The topological polar surface area (TPSA) is 53.7 Å². The molecule has 4 nitrogen and oxygen atoms in total. The fraction of sp³-hybridized carbons (Fsp3) is 0.0667. The van der Waals surface area contributed by atoms with Crippen molar-refractivity contribution in [3.63, 3.8) is 0 Å². The van der Waals surface area contributed by atoms with Crippen molar-refractivity contribution in [2.75, 3.05) is 7.11 Å². The van der Waals surface area contributed by atoms with E-state index in [1.54, 1.807) is 28.8 Å². The SMILES string of the molecule is COc1cc(-n2c(=S)[nH]c3c(C#N)cccc32)ccc1F. The Morgan fingerprint density at radius 1 is 1.33 bits per heavy atom. The maximum absolute atomic E-state index is 13.5. The molecular formula is C15H10FN3OS. The highest BCUT2D eigenvalue weighted by atomic mass is 32.1. The zero-order valence-electron chi connectivity index (χ0n) is 11.1. The van der Waals surface area contributed by atoms with Crippen molar-refractivity contribution >= 4 is 23.3 Å². The van der Waals surface area contributed by atoms with E-state index in [2.05, 4.69) is 11.1 Å².